The number of nitro groups is 1. The van der Waals surface area contributed by atoms with Crippen molar-refractivity contribution in [2.45, 2.75) is 19.1 Å². The van der Waals surface area contributed by atoms with Gasteiger partial charge in [0.2, 0.25) is 0 Å². The Balaban J connectivity index is 1.84. The van der Waals surface area contributed by atoms with E-state index < -0.39 is 16.9 Å². The normalized spacial score (nSPS) is 19.6. The van der Waals surface area contributed by atoms with E-state index >= 15 is 0 Å². The molecule has 1 saturated heterocycles. The van der Waals surface area contributed by atoms with E-state index in [1.54, 1.807) is 12.1 Å². The molecular weight excluding hydrogens is 262 g/mol. The number of nitrogens with zero attached hydrogens (tertiary/aromatic N) is 1. The second-order valence-electron chi connectivity index (χ2n) is 4.81. The third kappa shape index (κ3) is 3.52. The standard InChI is InChI=1S/C13H17N3O4/c14-12(10-5-6-15-7-10)13(17)20-8-9-1-3-11(4-2-9)16(18)19/h1-4,10,12,15H,5-8,14H2/t10-,12?/m0/s1. The Hall–Kier alpha value is -1.99. The van der Waals surface area contributed by atoms with Crippen LogP contribution in [0.2, 0.25) is 0 Å². The predicted octanol–water partition coefficient (Wildman–Crippen LogP) is 0.575. The molecule has 2 atom stereocenters. The van der Waals surface area contributed by atoms with Gasteiger partial charge < -0.3 is 15.8 Å². The molecule has 1 fully saturated rings. The maximum Gasteiger partial charge on any atom is 0.323 e. The summed E-state index contributed by atoms with van der Waals surface area (Å²) in [7, 11) is 0. The largest absolute Gasteiger partial charge is 0.460 e. The van der Waals surface area contributed by atoms with E-state index in [0.29, 0.717) is 5.56 Å². The van der Waals surface area contributed by atoms with Crippen molar-refractivity contribution in [3.05, 3.63) is 39.9 Å². The average molecular weight is 279 g/mol. The van der Waals surface area contributed by atoms with E-state index in [0.717, 1.165) is 19.5 Å². The lowest BCUT2D eigenvalue weighted by atomic mass is 10.0. The van der Waals surface area contributed by atoms with Crippen molar-refractivity contribution in [3.63, 3.8) is 0 Å². The zero-order chi connectivity index (χ0) is 14.5. The molecule has 1 aromatic carbocycles. The highest BCUT2D eigenvalue weighted by molar-refractivity contribution is 5.76. The lowest BCUT2D eigenvalue weighted by Gasteiger charge is -2.16. The van der Waals surface area contributed by atoms with Crippen molar-refractivity contribution in [3.8, 4) is 0 Å². The number of non-ortho nitro benzene ring substituents is 1. The molecule has 0 amide bonds. The summed E-state index contributed by atoms with van der Waals surface area (Å²) in [6.07, 6.45) is 0.869. The third-order valence-corrected chi connectivity index (χ3v) is 3.41. The van der Waals surface area contributed by atoms with E-state index in [4.69, 9.17) is 10.5 Å². The van der Waals surface area contributed by atoms with E-state index in [-0.39, 0.29) is 18.2 Å². The summed E-state index contributed by atoms with van der Waals surface area (Å²) in [5.74, 6) is -0.323. The van der Waals surface area contributed by atoms with Crippen LogP contribution in [-0.4, -0.2) is 30.0 Å². The van der Waals surface area contributed by atoms with Gasteiger partial charge in [-0.1, -0.05) is 0 Å². The molecule has 108 valence electrons. The molecule has 1 aliphatic rings. The second-order valence-corrected chi connectivity index (χ2v) is 4.81. The molecule has 0 saturated carbocycles. The number of nitrogens with two attached hydrogens (primary N) is 1. The van der Waals surface area contributed by atoms with E-state index in [1.807, 2.05) is 0 Å². The summed E-state index contributed by atoms with van der Waals surface area (Å²) in [6, 6.07) is 5.26. The molecule has 1 aromatic rings. The van der Waals surface area contributed by atoms with Gasteiger partial charge in [-0.15, -0.1) is 0 Å². The molecule has 20 heavy (non-hydrogen) atoms. The van der Waals surface area contributed by atoms with Crippen LogP contribution in [0.15, 0.2) is 24.3 Å². The molecule has 7 nitrogen and oxygen atoms in total. The number of carbonyl (C=O) groups is 1. The number of rotatable bonds is 5. The van der Waals surface area contributed by atoms with Crippen molar-refractivity contribution in [2.75, 3.05) is 13.1 Å². The smallest absolute Gasteiger partial charge is 0.323 e. The molecule has 1 aliphatic heterocycles. The molecule has 0 bridgehead atoms. The molecule has 0 aliphatic carbocycles. The predicted molar refractivity (Wildman–Crippen MR) is 71.8 cm³/mol. The maximum atomic E-state index is 11.8. The van der Waals surface area contributed by atoms with Gasteiger partial charge in [-0.3, -0.25) is 14.9 Å². The van der Waals surface area contributed by atoms with Crippen LogP contribution in [0.25, 0.3) is 0 Å². The van der Waals surface area contributed by atoms with Gasteiger partial charge >= 0.3 is 5.97 Å². The lowest BCUT2D eigenvalue weighted by Crippen LogP contribution is -2.40. The molecule has 7 heteroatoms. The Morgan fingerprint density at radius 1 is 1.50 bits per heavy atom. The number of esters is 1. The van der Waals surface area contributed by atoms with Crippen molar-refractivity contribution in [2.24, 2.45) is 11.7 Å². The van der Waals surface area contributed by atoms with Crippen molar-refractivity contribution in [1.82, 2.24) is 5.32 Å². The number of nitro benzene ring substituents is 1. The summed E-state index contributed by atoms with van der Waals surface area (Å²) in [5.41, 5.74) is 6.55. The fraction of sp³-hybridized carbons (Fsp3) is 0.462. The fourth-order valence-corrected chi connectivity index (χ4v) is 2.14. The van der Waals surface area contributed by atoms with Crippen LogP contribution < -0.4 is 11.1 Å². The number of nitrogens with one attached hydrogen (secondary N) is 1. The van der Waals surface area contributed by atoms with Crippen molar-refractivity contribution >= 4 is 11.7 Å². The first-order chi connectivity index (χ1) is 9.58. The van der Waals surface area contributed by atoms with Gasteiger partial charge in [-0.2, -0.15) is 0 Å². The van der Waals surface area contributed by atoms with Crippen LogP contribution in [-0.2, 0) is 16.1 Å². The summed E-state index contributed by atoms with van der Waals surface area (Å²) in [5, 5.41) is 13.7. The Kier molecular flexibility index (Phi) is 4.65. The van der Waals surface area contributed by atoms with Crippen LogP contribution in [0, 0.1) is 16.0 Å². The summed E-state index contributed by atoms with van der Waals surface area (Å²) in [6.45, 7) is 1.67. The Morgan fingerprint density at radius 2 is 2.20 bits per heavy atom. The van der Waals surface area contributed by atoms with Gasteiger partial charge in [0.15, 0.2) is 0 Å². The van der Waals surface area contributed by atoms with Gasteiger partial charge in [-0.25, -0.2) is 0 Å². The van der Waals surface area contributed by atoms with Crippen molar-refractivity contribution < 1.29 is 14.5 Å². The molecule has 1 unspecified atom stereocenters. The monoisotopic (exact) mass is 279 g/mol. The van der Waals surface area contributed by atoms with Crippen molar-refractivity contribution in [1.29, 1.82) is 0 Å². The van der Waals surface area contributed by atoms with Crippen LogP contribution in [0.3, 0.4) is 0 Å². The Bertz CT molecular complexity index is 483. The first kappa shape index (κ1) is 14.4. The maximum absolute atomic E-state index is 11.8. The Labute approximate surface area is 116 Å². The second kappa shape index (κ2) is 6.44. The summed E-state index contributed by atoms with van der Waals surface area (Å²) >= 11 is 0. The zero-order valence-corrected chi connectivity index (χ0v) is 11.0. The quantitative estimate of drug-likeness (QED) is 0.463. The number of hydrogen-bond acceptors (Lipinski definition) is 6. The fourth-order valence-electron chi connectivity index (χ4n) is 2.14. The molecule has 0 aromatic heterocycles. The Morgan fingerprint density at radius 3 is 2.75 bits per heavy atom. The van der Waals surface area contributed by atoms with Gasteiger partial charge in [0.1, 0.15) is 12.6 Å². The SMILES string of the molecule is NC(C(=O)OCc1ccc([N+](=O)[O-])cc1)[C@H]1CCNC1. The zero-order valence-electron chi connectivity index (χ0n) is 11.0. The van der Waals surface area contributed by atoms with Crippen LogP contribution in [0.5, 0.6) is 0 Å². The van der Waals surface area contributed by atoms with Gasteiger partial charge in [0.05, 0.1) is 4.92 Å². The minimum Gasteiger partial charge on any atom is -0.460 e. The molecule has 2 rings (SSSR count). The summed E-state index contributed by atoms with van der Waals surface area (Å²) in [4.78, 5) is 21.8. The molecule has 1 heterocycles. The topological polar surface area (TPSA) is 107 Å². The average Bonchev–Trinajstić information content (AvgIpc) is 2.98. The molecular formula is C13H17N3O4. The minimum absolute atomic E-state index is 0.00816. The molecule has 3 N–H and O–H groups in total. The third-order valence-electron chi connectivity index (χ3n) is 3.41. The van der Waals surface area contributed by atoms with Crippen LogP contribution in [0.4, 0.5) is 5.69 Å². The summed E-state index contributed by atoms with van der Waals surface area (Å²) < 4.78 is 5.14. The van der Waals surface area contributed by atoms with E-state index in [2.05, 4.69) is 5.32 Å². The number of benzene rings is 1. The highest BCUT2D eigenvalue weighted by Gasteiger charge is 2.28. The number of ether oxygens (including phenoxy) is 1. The first-order valence-electron chi connectivity index (χ1n) is 6.44. The van der Waals surface area contributed by atoms with Gasteiger partial charge in [-0.05, 0) is 36.6 Å². The number of hydrogen-bond donors (Lipinski definition) is 2. The van der Waals surface area contributed by atoms with Gasteiger partial charge in [0, 0.05) is 18.7 Å². The van der Waals surface area contributed by atoms with Crippen LogP contribution >= 0.6 is 0 Å². The first-order valence-corrected chi connectivity index (χ1v) is 6.44. The van der Waals surface area contributed by atoms with E-state index in [1.165, 1.54) is 12.1 Å². The van der Waals surface area contributed by atoms with Gasteiger partial charge in [0.25, 0.3) is 5.69 Å². The van der Waals surface area contributed by atoms with Crippen LogP contribution in [0.1, 0.15) is 12.0 Å². The highest BCUT2D eigenvalue weighted by Crippen LogP contribution is 2.15. The molecule has 0 radical (unpaired) electrons. The number of carbonyl (C=O) groups excluding carboxylic acids is 1. The minimum atomic E-state index is -0.622. The highest BCUT2D eigenvalue weighted by atomic mass is 16.6. The van der Waals surface area contributed by atoms with E-state index in [9.17, 15) is 14.9 Å². The molecule has 0 spiro atoms. The lowest BCUT2D eigenvalue weighted by molar-refractivity contribution is -0.384.